The Hall–Kier alpha value is -4.84. The van der Waals surface area contributed by atoms with E-state index in [0.717, 1.165) is 11.3 Å². The molecule has 202 valence electrons. The maximum Gasteiger partial charge on any atom is 0.185 e. The highest BCUT2D eigenvalue weighted by Gasteiger charge is 2.71. The lowest BCUT2D eigenvalue weighted by atomic mass is 9.64. The molecule has 2 aliphatic heterocycles. The molecule has 3 atom stereocenters. The third-order valence-corrected chi connectivity index (χ3v) is 8.66. The average Bonchev–Trinajstić information content (AvgIpc) is 3.44. The predicted molar refractivity (Wildman–Crippen MR) is 154 cm³/mol. The second-order valence-electron chi connectivity index (χ2n) is 10.6. The fraction of sp³-hybridized carbons (Fsp3) is 0.171. The van der Waals surface area contributed by atoms with Crippen LogP contribution in [0.3, 0.4) is 0 Å². The number of carbonyl (C=O) groups excluding carboxylic acids is 3. The normalized spacial score (nSPS) is 21.5. The molecule has 1 aliphatic carbocycles. The van der Waals surface area contributed by atoms with E-state index in [9.17, 15) is 18.8 Å². The van der Waals surface area contributed by atoms with E-state index in [4.69, 9.17) is 4.74 Å². The molecule has 0 N–H and O–H groups in total. The Labute approximate surface area is 236 Å². The molecular weight excluding hydrogens is 517 g/mol. The molecule has 41 heavy (non-hydrogen) atoms. The minimum absolute atomic E-state index is 0.300. The number of halogens is 1. The Balaban J connectivity index is 1.56. The SMILES string of the molecule is CCOc1ccccc1C1C(C(=O)c2ccc(F)cc2)N2c3ccccc3C=CC2C12C(=O)c1ccccc1C2=O. The number of ketones is 3. The second kappa shape index (κ2) is 9.37. The van der Waals surface area contributed by atoms with Crippen molar-refractivity contribution in [3.8, 4) is 5.75 Å². The molecular formula is C35H26FNO4. The molecule has 3 aliphatic rings. The number of hydrogen-bond donors (Lipinski definition) is 0. The largest absolute Gasteiger partial charge is 0.494 e. The predicted octanol–water partition coefficient (Wildman–Crippen LogP) is 6.54. The number of Topliss-reactive ketones (excluding diaryl/α,β-unsaturated/α-hetero) is 3. The summed E-state index contributed by atoms with van der Waals surface area (Å²) in [4.78, 5) is 46.0. The van der Waals surface area contributed by atoms with Crippen LogP contribution >= 0.6 is 0 Å². The van der Waals surface area contributed by atoms with Crippen LogP contribution in [0, 0.1) is 11.2 Å². The van der Waals surface area contributed by atoms with E-state index in [1.165, 1.54) is 24.3 Å². The number of benzene rings is 4. The van der Waals surface area contributed by atoms with Gasteiger partial charge in [0, 0.05) is 33.9 Å². The van der Waals surface area contributed by atoms with Crippen LogP contribution in [0.5, 0.6) is 5.75 Å². The van der Waals surface area contributed by atoms with Gasteiger partial charge in [-0.05, 0) is 48.9 Å². The maximum atomic E-state index is 14.7. The summed E-state index contributed by atoms with van der Waals surface area (Å²) in [7, 11) is 0. The first kappa shape index (κ1) is 25.1. The van der Waals surface area contributed by atoms with Gasteiger partial charge in [-0.3, -0.25) is 14.4 Å². The van der Waals surface area contributed by atoms with Gasteiger partial charge in [0.1, 0.15) is 23.0 Å². The monoisotopic (exact) mass is 543 g/mol. The van der Waals surface area contributed by atoms with Crippen LogP contribution in [0.15, 0.2) is 103 Å². The van der Waals surface area contributed by atoms with Gasteiger partial charge < -0.3 is 9.64 Å². The summed E-state index contributed by atoms with van der Waals surface area (Å²) in [5.74, 6) is -1.74. The van der Waals surface area contributed by atoms with E-state index in [-0.39, 0.29) is 17.3 Å². The molecule has 0 radical (unpaired) electrons. The molecule has 3 unspecified atom stereocenters. The zero-order valence-corrected chi connectivity index (χ0v) is 22.3. The van der Waals surface area contributed by atoms with E-state index in [0.29, 0.717) is 34.6 Å². The lowest BCUT2D eigenvalue weighted by Crippen LogP contribution is -2.48. The summed E-state index contributed by atoms with van der Waals surface area (Å²) < 4.78 is 20.0. The molecule has 4 aromatic carbocycles. The molecule has 1 saturated heterocycles. The summed E-state index contributed by atoms with van der Waals surface area (Å²) in [6, 6.07) is 25.6. The van der Waals surface area contributed by atoms with Gasteiger partial charge in [-0.15, -0.1) is 0 Å². The molecule has 7 rings (SSSR count). The lowest BCUT2D eigenvalue weighted by molar-refractivity contribution is 0.0664. The van der Waals surface area contributed by atoms with Crippen LogP contribution in [0.25, 0.3) is 6.08 Å². The number of hydrogen-bond acceptors (Lipinski definition) is 5. The van der Waals surface area contributed by atoms with Crippen molar-refractivity contribution in [1.29, 1.82) is 0 Å². The Kier molecular flexibility index (Phi) is 5.75. The van der Waals surface area contributed by atoms with Crippen LogP contribution < -0.4 is 9.64 Å². The highest BCUT2D eigenvalue weighted by molar-refractivity contribution is 6.32. The van der Waals surface area contributed by atoms with Gasteiger partial charge in [0.25, 0.3) is 0 Å². The second-order valence-corrected chi connectivity index (χ2v) is 10.6. The van der Waals surface area contributed by atoms with E-state index < -0.39 is 29.2 Å². The number of ether oxygens (including phenoxy) is 1. The van der Waals surface area contributed by atoms with E-state index in [1.807, 2.05) is 72.5 Å². The first-order chi connectivity index (χ1) is 20.0. The molecule has 0 bridgehead atoms. The molecule has 1 fully saturated rings. The summed E-state index contributed by atoms with van der Waals surface area (Å²) in [5.41, 5.74) is 1.65. The van der Waals surface area contributed by atoms with Crippen molar-refractivity contribution in [2.75, 3.05) is 11.5 Å². The zero-order valence-electron chi connectivity index (χ0n) is 22.3. The molecule has 4 aromatic rings. The quantitative estimate of drug-likeness (QED) is 0.211. The zero-order chi connectivity index (χ0) is 28.3. The van der Waals surface area contributed by atoms with Crippen LogP contribution in [0.4, 0.5) is 10.1 Å². The molecule has 0 amide bonds. The van der Waals surface area contributed by atoms with Gasteiger partial charge >= 0.3 is 0 Å². The molecule has 0 saturated carbocycles. The number of carbonyl (C=O) groups is 3. The van der Waals surface area contributed by atoms with Crippen LogP contribution in [-0.2, 0) is 0 Å². The van der Waals surface area contributed by atoms with Gasteiger partial charge in [0.05, 0.1) is 12.6 Å². The van der Waals surface area contributed by atoms with Crippen molar-refractivity contribution in [1.82, 2.24) is 0 Å². The molecule has 6 heteroatoms. The fourth-order valence-electron chi connectivity index (χ4n) is 7.07. The van der Waals surface area contributed by atoms with E-state index in [2.05, 4.69) is 0 Å². The van der Waals surface area contributed by atoms with Crippen molar-refractivity contribution in [2.24, 2.45) is 5.41 Å². The van der Waals surface area contributed by atoms with Gasteiger partial charge in [-0.2, -0.15) is 0 Å². The Morgan fingerprint density at radius 1 is 0.854 bits per heavy atom. The average molecular weight is 544 g/mol. The van der Waals surface area contributed by atoms with Gasteiger partial charge in [0.2, 0.25) is 0 Å². The number of para-hydroxylation sites is 2. The van der Waals surface area contributed by atoms with E-state index in [1.54, 1.807) is 24.3 Å². The third-order valence-electron chi connectivity index (χ3n) is 8.66. The fourth-order valence-corrected chi connectivity index (χ4v) is 7.07. The molecule has 2 heterocycles. The van der Waals surface area contributed by atoms with Gasteiger partial charge in [-0.1, -0.05) is 72.8 Å². The Morgan fingerprint density at radius 2 is 1.49 bits per heavy atom. The van der Waals surface area contributed by atoms with Crippen LogP contribution in [0.1, 0.15) is 55.0 Å². The number of anilines is 1. The number of nitrogens with zero attached hydrogens (tertiary/aromatic N) is 1. The van der Waals surface area contributed by atoms with Crippen molar-refractivity contribution in [3.63, 3.8) is 0 Å². The molecule has 5 nitrogen and oxygen atoms in total. The number of fused-ring (bicyclic) bond motifs is 5. The van der Waals surface area contributed by atoms with Crippen molar-refractivity contribution in [3.05, 3.63) is 137 Å². The Morgan fingerprint density at radius 3 is 2.20 bits per heavy atom. The van der Waals surface area contributed by atoms with Crippen LogP contribution in [-0.4, -0.2) is 36.0 Å². The Bertz CT molecular complexity index is 1720. The standard InChI is InChI=1S/C35H26FNO4/c1-2-41-28-14-8-6-12-26(28)30-31(32(38)22-15-18-23(36)19-16-22)37-27-13-7-3-9-21(27)17-20-29(37)35(30)33(39)24-10-4-5-11-25(24)34(35)40/h3-20,29-31H,2H2,1H3. The van der Waals surface area contributed by atoms with Crippen molar-refractivity contribution >= 4 is 29.1 Å². The van der Waals surface area contributed by atoms with Crippen molar-refractivity contribution in [2.45, 2.75) is 24.9 Å². The summed E-state index contributed by atoms with van der Waals surface area (Å²) >= 11 is 0. The van der Waals surface area contributed by atoms with Gasteiger partial charge in [-0.25, -0.2) is 4.39 Å². The van der Waals surface area contributed by atoms with Crippen molar-refractivity contribution < 1.29 is 23.5 Å². The topological polar surface area (TPSA) is 63.7 Å². The van der Waals surface area contributed by atoms with Crippen LogP contribution in [0.2, 0.25) is 0 Å². The smallest absolute Gasteiger partial charge is 0.185 e. The first-order valence-corrected chi connectivity index (χ1v) is 13.7. The highest BCUT2D eigenvalue weighted by atomic mass is 19.1. The maximum absolute atomic E-state index is 14.7. The molecule has 1 spiro atoms. The summed E-state index contributed by atoms with van der Waals surface area (Å²) in [6.07, 6.45) is 3.82. The first-order valence-electron chi connectivity index (χ1n) is 13.7. The lowest BCUT2D eigenvalue weighted by Gasteiger charge is -2.37. The molecule has 0 aromatic heterocycles. The summed E-state index contributed by atoms with van der Waals surface area (Å²) in [5, 5.41) is 0. The minimum Gasteiger partial charge on any atom is -0.494 e. The highest BCUT2D eigenvalue weighted by Crippen LogP contribution is 2.61. The van der Waals surface area contributed by atoms with Gasteiger partial charge in [0.15, 0.2) is 17.3 Å². The minimum atomic E-state index is -1.62. The summed E-state index contributed by atoms with van der Waals surface area (Å²) in [6.45, 7) is 2.23. The third kappa shape index (κ3) is 3.43. The number of rotatable bonds is 5. The van der Waals surface area contributed by atoms with E-state index >= 15 is 0 Å².